The lowest BCUT2D eigenvalue weighted by atomic mass is 10.1. The molecule has 0 aliphatic carbocycles. The van der Waals surface area contributed by atoms with E-state index in [9.17, 15) is 0 Å². The first-order valence-electron chi connectivity index (χ1n) is 7.15. The Morgan fingerprint density at radius 2 is 2.23 bits per heavy atom. The highest BCUT2D eigenvalue weighted by molar-refractivity contribution is 9.10. The zero-order chi connectivity index (χ0) is 14.9. The van der Waals surface area contributed by atoms with Gasteiger partial charge in [0.1, 0.15) is 0 Å². The number of halogens is 1. The zero-order valence-electron chi connectivity index (χ0n) is 11.7. The third-order valence-electron chi connectivity index (χ3n) is 3.83. The van der Waals surface area contributed by atoms with Crippen molar-refractivity contribution in [2.45, 2.75) is 12.3 Å². The van der Waals surface area contributed by atoms with Gasteiger partial charge < -0.3 is 9.84 Å². The summed E-state index contributed by atoms with van der Waals surface area (Å²) < 4.78 is 6.33. The lowest BCUT2D eigenvalue weighted by molar-refractivity contribution is 0.431. The molecule has 1 aliphatic rings. The second kappa shape index (κ2) is 5.66. The first-order valence-corrected chi connectivity index (χ1v) is 7.95. The highest BCUT2D eigenvalue weighted by Crippen LogP contribution is 2.26. The fourth-order valence-corrected chi connectivity index (χ4v) is 3.05. The summed E-state index contributed by atoms with van der Waals surface area (Å²) >= 11 is 3.44. The molecule has 1 fully saturated rings. The van der Waals surface area contributed by atoms with Crippen LogP contribution in [0.25, 0.3) is 23.0 Å². The van der Waals surface area contributed by atoms with Gasteiger partial charge in [0.15, 0.2) is 5.69 Å². The molecule has 0 spiro atoms. The first kappa shape index (κ1) is 13.7. The normalized spacial score (nSPS) is 18.0. The van der Waals surface area contributed by atoms with Crippen molar-refractivity contribution in [1.29, 1.82) is 0 Å². The Bertz CT molecular complexity index is 791. The van der Waals surface area contributed by atoms with Gasteiger partial charge in [-0.3, -0.25) is 5.10 Å². The molecule has 1 atom stereocenters. The van der Waals surface area contributed by atoms with Gasteiger partial charge in [0, 0.05) is 28.2 Å². The maximum atomic E-state index is 5.35. The van der Waals surface area contributed by atoms with Crippen LogP contribution >= 0.6 is 15.9 Å². The van der Waals surface area contributed by atoms with Crippen molar-refractivity contribution < 1.29 is 4.52 Å². The second-order valence-electron chi connectivity index (χ2n) is 5.33. The van der Waals surface area contributed by atoms with Crippen LogP contribution in [0, 0.1) is 0 Å². The van der Waals surface area contributed by atoms with Crippen molar-refractivity contribution in [3.05, 3.63) is 40.5 Å². The van der Waals surface area contributed by atoms with E-state index in [4.69, 9.17) is 4.52 Å². The third-order valence-corrected chi connectivity index (χ3v) is 4.32. The van der Waals surface area contributed by atoms with Gasteiger partial charge in [-0.25, -0.2) is 0 Å². The van der Waals surface area contributed by atoms with E-state index in [1.54, 1.807) is 0 Å². The fraction of sp³-hybridized carbons (Fsp3) is 0.267. The molecule has 0 radical (unpaired) electrons. The van der Waals surface area contributed by atoms with E-state index in [0.29, 0.717) is 23.3 Å². The standard InChI is InChI=1S/C15H14BrN5O/c16-11-3-1-2-9(6-11)14-18-15(22-21-14)13-7-12(19-20-13)10-4-5-17-8-10/h1-3,6-7,10,17H,4-5,8H2,(H,19,20). The van der Waals surface area contributed by atoms with Crippen LogP contribution < -0.4 is 5.32 Å². The van der Waals surface area contributed by atoms with E-state index in [0.717, 1.165) is 35.2 Å². The van der Waals surface area contributed by atoms with Crippen molar-refractivity contribution in [2.75, 3.05) is 13.1 Å². The predicted molar refractivity (Wildman–Crippen MR) is 85.2 cm³/mol. The van der Waals surface area contributed by atoms with Gasteiger partial charge in [0.05, 0.1) is 0 Å². The Kier molecular flexibility index (Phi) is 3.51. The minimum atomic E-state index is 0.434. The van der Waals surface area contributed by atoms with Crippen LogP contribution in [-0.4, -0.2) is 33.4 Å². The highest BCUT2D eigenvalue weighted by Gasteiger charge is 2.21. The SMILES string of the molecule is Brc1cccc(-c2noc(-c3cc(C4CCNC4)[nH]n3)n2)c1. The molecule has 1 unspecified atom stereocenters. The van der Waals surface area contributed by atoms with Gasteiger partial charge in [0.2, 0.25) is 5.82 Å². The summed E-state index contributed by atoms with van der Waals surface area (Å²) in [6.07, 6.45) is 1.12. The summed E-state index contributed by atoms with van der Waals surface area (Å²) in [7, 11) is 0. The van der Waals surface area contributed by atoms with E-state index in [1.165, 1.54) is 0 Å². The monoisotopic (exact) mass is 359 g/mol. The van der Waals surface area contributed by atoms with Crippen LogP contribution in [0.2, 0.25) is 0 Å². The van der Waals surface area contributed by atoms with Crippen LogP contribution in [-0.2, 0) is 0 Å². The van der Waals surface area contributed by atoms with Crippen LogP contribution in [0.3, 0.4) is 0 Å². The van der Waals surface area contributed by atoms with E-state index >= 15 is 0 Å². The Morgan fingerprint density at radius 3 is 3.05 bits per heavy atom. The molecule has 0 amide bonds. The number of nitrogens with zero attached hydrogens (tertiary/aromatic N) is 3. The van der Waals surface area contributed by atoms with Crippen molar-refractivity contribution in [3.8, 4) is 23.0 Å². The number of nitrogens with one attached hydrogen (secondary N) is 2. The molecule has 112 valence electrons. The molecule has 1 aliphatic heterocycles. The average molecular weight is 360 g/mol. The van der Waals surface area contributed by atoms with Gasteiger partial charge >= 0.3 is 0 Å². The summed E-state index contributed by atoms with van der Waals surface area (Å²) in [6, 6.07) is 9.79. The molecule has 7 heteroatoms. The van der Waals surface area contributed by atoms with Crippen molar-refractivity contribution in [1.82, 2.24) is 25.7 Å². The Morgan fingerprint density at radius 1 is 1.27 bits per heavy atom. The molecule has 6 nitrogen and oxygen atoms in total. The molecule has 4 rings (SSSR count). The molecular weight excluding hydrogens is 346 g/mol. The minimum Gasteiger partial charge on any atom is -0.332 e. The number of hydrogen-bond donors (Lipinski definition) is 2. The van der Waals surface area contributed by atoms with Gasteiger partial charge in [-0.1, -0.05) is 33.2 Å². The first-order chi connectivity index (χ1) is 10.8. The summed E-state index contributed by atoms with van der Waals surface area (Å²) in [5.41, 5.74) is 2.71. The van der Waals surface area contributed by atoms with E-state index in [-0.39, 0.29) is 0 Å². The molecule has 3 aromatic rings. The average Bonchev–Trinajstić information content (AvgIpc) is 3.27. The Balaban J connectivity index is 1.61. The number of H-pyrrole nitrogens is 1. The molecule has 0 bridgehead atoms. The van der Waals surface area contributed by atoms with Crippen molar-refractivity contribution >= 4 is 15.9 Å². The summed E-state index contributed by atoms with van der Waals surface area (Å²) in [5.74, 6) is 1.47. The lowest BCUT2D eigenvalue weighted by Gasteiger charge is -2.02. The molecular formula is C15H14BrN5O. The minimum absolute atomic E-state index is 0.434. The zero-order valence-corrected chi connectivity index (χ0v) is 13.3. The Labute approximate surface area is 135 Å². The molecule has 2 aromatic heterocycles. The summed E-state index contributed by atoms with van der Waals surface area (Å²) in [5, 5.41) is 14.8. The van der Waals surface area contributed by atoms with Gasteiger partial charge in [-0.2, -0.15) is 10.1 Å². The largest absolute Gasteiger partial charge is 0.332 e. The maximum Gasteiger partial charge on any atom is 0.278 e. The van der Waals surface area contributed by atoms with Crippen LogP contribution in [0.1, 0.15) is 18.0 Å². The molecule has 22 heavy (non-hydrogen) atoms. The third kappa shape index (κ3) is 2.57. The maximum absolute atomic E-state index is 5.35. The van der Waals surface area contributed by atoms with Crippen molar-refractivity contribution in [2.24, 2.45) is 0 Å². The van der Waals surface area contributed by atoms with E-state index in [1.807, 2.05) is 30.3 Å². The molecule has 3 heterocycles. The number of hydrogen-bond acceptors (Lipinski definition) is 5. The number of benzene rings is 1. The lowest BCUT2D eigenvalue weighted by Crippen LogP contribution is -2.08. The molecule has 1 aromatic carbocycles. The quantitative estimate of drug-likeness (QED) is 0.751. The topological polar surface area (TPSA) is 79.6 Å². The van der Waals surface area contributed by atoms with Crippen LogP contribution in [0.15, 0.2) is 39.3 Å². The van der Waals surface area contributed by atoms with Gasteiger partial charge in [-0.05, 0) is 31.2 Å². The molecule has 0 saturated carbocycles. The number of aromatic nitrogens is 4. The predicted octanol–water partition coefficient (Wildman–Crippen LogP) is 2.97. The van der Waals surface area contributed by atoms with Crippen LogP contribution in [0.5, 0.6) is 0 Å². The van der Waals surface area contributed by atoms with Crippen molar-refractivity contribution in [3.63, 3.8) is 0 Å². The molecule has 1 saturated heterocycles. The smallest absolute Gasteiger partial charge is 0.278 e. The van der Waals surface area contributed by atoms with E-state index in [2.05, 4.69) is 41.6 Å². The van der Waals surface area contributed by atoms with Crippen LogP contribution in [0.4, 0.5) is 0 Å². The number of aromatic amines is 1. The van der Waals surface area contributed by atoms with E-state index < -0.39 is 0 Å². The highest BCUT2D eigenvalue weighted by atomic mass is 79.9. The van der Waals surface area contributed by atoms with Gasteiger partial charge in [-0.15, -0.1) is 0 Å². The summed E-state index contributed by atoms with van der Waals surface area (Å²) in [4.78, 5) is 4.44. The molecule has 2 N–H and O–H groups in total. The summed E-state index contributed by atoms with van der Waals surface area (Å²) in [6.45, 7) is 2.03. The fourth-order valence-electron chi connectivity index (χ4n) is 2.65. The van der Waals surface area contributed by atoms with Gasteiger partial charge in [0.25, 0.3) is 5.89 Å². The Hall–Kier alpha value is -1.99. The number of rotatable bonds is 3. The second-order valence-corrected chi connectivity index (χ2v) is 6.25.